The predicted octanol–water partition coefficient (Wildman–Crippen LogP) is 5.53. The molecule has 0 atom stereocenters. The molecule has 0 fully saturated rings. The van der Waals surface area contributed by atoms with Crippen molar-refractivity contribution in [2.75, 3.05) is 13.7 Å². The summed E-state index contributed by atoms with van der Waals surface area (Å²) in [5.41, 5.74) is 3.53. The van der Waals surface area contributed by atoms with Crippen molar-refractivity contribution >= 4 is 5.91 Å². The number of ether oxygens (including phenoxy) is 2. The van der Waals surface area contributed by atoms with Crippen LogP contribution >= 0.6 is 0 Å². The third kappa shape index (κ3) is 5.71. The minimum atomic E-state index is -0.230. The van der Waals surface area contributed by atoms with E-state index in [2.05, 4.69) is 12.2 Å². The molecule has 3 aromatic carbocycles. The summed E-state index contributed by atoms with van der Waals surface area (Å²) in [6.45, 7) is 3.25. The van der Waals surface area contributed by atoms with Crippen LogP contribution in [0.4, 0.5) is 0 Å². The van der Waals surface area contributed by atoms with Gasteiger partial charge in [0.25, 0.3) is 5.91 Å². The van der Waals surface area contributed by atoms with Crippen molar-refractivity contribution in [2.24, 2.45) is 0 Å². The van der Waals surface area contributed by atoms with E-state index in [1.54, 1.807) is 13.2 Å². The van der Waals surface area contributed by atoms with E-state index in [0.717, 1.165) is 35.3 Å². The SMILES string of the molecule is CCCCOCc1cc(C(=O)NC(c2ccccc2)c2ccccc2)ccc1OC. The summed E-state index contributed by atoms with van der Waals surface area (Å²) < 4.78 is 11.2. The molecule has 0 aliphatic rings. The van der Waals surface area contributed by atoms with E-state index >= 15 is 0 Å². The van der Waals surface area contributed by atoms with Crippen LogP contribution in [-0.4, -0.2) is 19.6 Å². The van der Waals surface area contributed by atoms with Gasteiger partial charge in [0.05, 0.1) is 19.8 Å². The van der Waals surface area contributed by atoms with E-state index in [4.69, 9.17) is 9.47 Å². The van der Waals surface area contributed by atoms with Gasteiger partial charge in [0.1, 0.15) is 5.75 Å². The molecular weight excluding hydrogens is 374 g/mol. The molecule has 0 aliphatic carbocycles. The van der Waals surface area contributed by atoms with E-state index in [0.29, 0.717) is 18.8 Å². The lowest BCUT2D eigenvalue weighted by Crippen LogP contribution is -2.29. The van der Waals surface area contributed by atoms with Crippen LogP contribution in [0, 0.1) is 0 Å². The quantitative estimate of drug-likeness (QED) is 0.453. The summed E-state index contributed by atoms with van der Waals surface area (Å²) in [6.07, 6.45) is 2.10. The molecule has 0 saturated carbocycles. The molecule has 156 valence electrons. The number of methoxy groups -OCH3 is 1. The highest BCUT2D eigenvalue weighted by Gasteiger charge is 2.18. The minimum Gasteiger partial charge on any atom is -0.496 e. The molecule has 3 aromatic rings. The molecule has 0 unspecified atom stereocenters. The van der Waals surface area contributed by atoms with Crippen LogP contribution < -0.4 is 10.1 Å². The van der Waals surface area contributed by atoms with Crippen LogP contribution in [-0.2, 0) is 11.3 Å². The van der Waals surface area contributed by atoms with Gasteiger partial charge < -0.3 is 14.8 Å². The lowest BCUT2D eigenvalue weighted by atomic mass is 9.98. The Bertz CT molecular complexity index is 886. The van der Waals surface area contributed by atoms with Crippen molar-refractivity contribution in [1.82, 2.24) is 5.32 Å². The molecule has 0 aromatic heterocycles. The largest absolute Gasteiger partial charge is 0.496 e. The van der Waals surface area contributed by atoms with E-state index in [1.807, 2.05) is 72.8 Å². The van der Waals surface area contributed by atoms with Gasteiger partial charge in [-0.2, -0.15) is 0 Å². The van der Waals surface area contributed by atoms with Gasteiger partial charge in [-0.05, 0) is 35.7 Å². The molecule has 1 amide bonds. The highest BCUT2D eigenvalue weighted by atomic mass is 16.5. The summed E-state index contributed by atoms with van der Waals surface area (Å²) in [6, 6.07) is 25.2. The number of carbonyl (C=O) groups excluding carboxylic acids is 1. The molecule has 0 spiro atoms. The third-order valence-electron chi connectivity index (χ3n) is 4.98. The van der Waals surface area contributed by atoms with Crippen LogP contribution in [0.3, 0.4) is 0 Å². The molecular formula is C26H29NO3. The van der Waals surface area contributed by atoms with Crippen molar-refractivity contribution in [3.63, 3.8) is 0 Å². The number of amides is 1. The standard InChI is InChI=1S/C26H29NO3/c1-3-4-17-30-19-23-18-22(15-16-24(23)29-2)26(28)27-25(20-11-7-5-8-12-20)21-13-9-6-10-14-21/h5-16,18,25H,3-4,17,19H2,1-2H3,(H,27,28). The molecule has 0 bridgehead atoms. The Morgan fingerprint density at radius 2 is 1.57 bits per heavy atom. The van der Waals surface area contributed by atoms with Gasteiger partial charge in [0.2, 0.25) is 0 Å². The molecule has 1 N–H and O–H groups in total. The first-order valence-electron chi connectivity index (χ1n) is 10.4. The monoisotopic (exact) mass is 403 g/mol. The number of rotatable bonds is 10. The zero-order valence-corrected chi connectivity index (χ0v) is 17.6. The lowest BCUT2D eigenvalue weighted by Gasteiger charge is -2.20. The van der Waals surface area contributed by atoms with Gasteiger partial charge in [-0.1, -0.05) is 74.0 Å². The van der Waals surface area contributed by atoms with Crippen LogP contribution in [0.25, 0.3) is 0 Å². The smallest absolute Gasteiger partial charge is 0.252 e. The van der Waals surface area contributed by atoms with Crippen molar-refractivity contribution < 1.29 is 14.3 Å². The molecule has 0 heterocycles. The summed E-state index contributed by atoms with van der Waals surface area (Å²) >= 11 is 0. The first kappa shape index (κ1) is 21.6. The van der Waals surface area contributed by atoms with Crippen LogP contribution in [0.5, 0.6) is 5.75 Å². The summed E-state index contributed by atoms with van der Waals surface area (Å²) in [5.74, 6) is 0.593. The Morgan fingerprint density at radius 1 is 0.933 bits per heavy atom. The second kappa shape index (κ2) is 11.2. The number of nitrogens with one attached hydrogen (secondary N) is 1. The molecule has 0 aliphatic heterocycles. The van der Waals surface area contributed by atoms with Crippen LogP contribution in [0.2, 0.25) is 0 Å². The number of hydrogen-bond donors (Lipinski definition) is 1. The van der Waals surface area contributed by atoms with Gasteiger partial charge in [0, 0.05) is 17.7 Å². The summed E-state index contributed by atoms with van der Waals surface area (Å²) in [7, 11) is 1.63. The number of unbranched alkanes of at least 4 members (excludes halogenated alkanes) is 1. The average molecular weight is 404 g/mol. The Morgan fingerprint density at radius 3 is 2.13 bits per heavy atom. The molecule has 0 saturated heterocycles. The van der Waals surface area contributed by atoms with Crippen molar-refractivity contribution in [3.05, 3.63) is 101 Å². The van der Waals surface area contributed by atoms with Crippen molar-refractivity contribution in [2.45, 2.75) is 32.4 Å². The molecule has 3 rings (SSSR count). The minimum absolute atomic E-state index is 0.134. The fourth-order valence-corrected chi connectivity index (χ4v) is 3.33. The zero-order valence-electron chi connectivity index (χ0n) is 17.6. The Labute approximate surface area is 178 Å². The number of benzene rings is 3. The molecule has 4 heteroatoms. The molecule has 4 nitrogen and oxygen atoms in total. The maximum absolute atomic E-state index is 13.1. The fraction of sp³-hybridized carbons (Fsp3) is 0.269. The molecule has 0 radical (unpaired) electrons. The van der Waals surface area contributed by atoms with Gasteiger partial charge in [-0.15, -0.1) is 0 Å². The normalized spacial score (nSPS) is 10.8. The van der Waals surface area contributed by atoms with Gasteiger partial charge in [0.15, 0.2) is 0 Å². The number of hydrogen-bond acceptors (Lipinski definition) is 3. The van der Waals surface area contributed by atoms with E-state index in [1.165, 1.54) is 0 Å². The fourth-order valence-electron chi connectivity index (χ4n) is 3.33. The van der Waals surface area contributed by atoms with Crippen molar-refractivity contribution in [1.29, 1.82) is 0 Å². The lowest BCUT2D eigenvalue weighted by molar-refractivity contribution is 0.0942. The van der Waals surface area contributed by atoms with E-state index in [-0.39, 0.29) is 11.9 Å². The Kier molecular flexibility index (Phi) is 8.04. The second-order valence-corrected chi connectivity index (χ2v) is 7.16. The van der Waals surface area contributed by atoms with Gasteiger partial charge >= 0.3 is 0 Å². The third-order valence-corrected chi connectivity index (χ3v) is 4.98. The van der Waals surface area contributed by atoms with Crippen LogP contribution in [0.15, 0.2) is 78.9 Å². The Balaban J connectivity index is 1.82. The van der Waals surface area contributed by atoms with Crippen LogP contribution in [0.1, 0.15) is 52.9 Å². The average Bonchev–Trinajstić information content (AvgIpc) is 2.81. The summed E-state index contributed by atoms with van der Waals surface area (Å²) in [5, 5.41) is 3.19. The van der Waals surface area contributed by atoms with Gasteiger partial charge in [-0.3, -0.25) is 4.79 Å². The van der Waals surface area contributed by atoms with Crippen molar-refractivity contribution in [3.8, 4) is 5.75 Å². The summed E-state index contributed by atoms with van der Waals surface area (Å²) in [4.78, 5) is 13.1. The predicted molar refractivity (Wildman–Crippen MR) is 120 cm³/mol. The highest BCUT2D eigenvalue weighted by Crippen LogP contribution is 2.24. The first-order chi connectivity index (χ1) is 14.7. The second-order valence-electron chi connectivity index (χ2n) is 7.16. The Hall–Kier alpha value is -3.11. The zero-order chi connectivity index (χ0) is 21.2. The van der Waals surface area contributed by atoms with E-state index < -0.39 is 0 Å². The topological polar surface area (TPSA) is 47.6 Å². The first-order valence-corrected chi connectivity index (χ1v) is 10.4. The maximum Gasteiger partial charge on any atom is 0.252 e. The van der Waals surface area contributed by atoms with Gasteiger partial charge in [-0.25, -0.2) is 0 Å². The number of carbonyl (C=O) groups is 1. The maximum atomic E-state index is 13.1. The highest BCUT2D eigenvalue weighted by molar-refractivity contribution is 5.95. The van der Waals surface area contributed by atoms with E-state index in [9.17, 15) is 4.79 Å². The molecule has 30 heavy (non-hydrogen) atoms.